The maximum absolute atomic E-state index is 11.1. The first-order valence-electron chi connectivity index (χ1n) is 7.31. The molecular weight excluding hydrogens is 350 g/mol. The van der Waals surface area contributed by atoms with E-state index in [2.05, 4.69) is 5.73 Å². The first-order chi connectivity index (χ1) is 12.2. The minimum atomic E-state index is -1.55. The average Bonchev–Trinajstić information content (AvgIpc) is 2.58. The quantitative estimate of drug-likeness (QED) is 0.367. The summed E-state index contributed by atoms with van der Waals surface area (Å²) in [5, 5.41) is 26.1. The molecule has 0 fully saturated rings. The Hall–Kier alpha value is -3.18. The largest absolute Gasteiger partial charge is 0.480 e. The van der Waals surface area contributed by atoms with Crippen LogP contribution in [-0.4, -0.2) is 56.9 Å². The van der Waals surface area contributed by atoms with Crippen molar-refractivity contribution in [3.8, 4) is 0 Å². The number of nitrogens with zero attached hydrogens (tertiary/aromatic N) is 1. The molecule has 11 nitrogen and oxygen atoms in total. The molecule has 0 saturated heterocycles. The lowest BCUT2D eigenvalue weighted by Gasteiger charge is -2.24. The molecule has 1 aromatic carbocycles. The normalized spacial score (nSPS) is 10.8. The smallest absolute Gasteiger partial charge is 0.432 e. The van der Waals surface area contributed by atoms with Crippen molar-refractivity contribution in [2.45, 2.75) is 25.5 Å². The zero-order valence-corrected chi connectivity index (χ0v) is 13.8. The van der Waals surface area contributed by atoms with Crippen LogP contribution < -0.4 is 11.5 Å². The first-order valence-corrected chi connectivity index (χ1v) is 7.31. The van der Waals surface area contributed by atoms with Gasteiger partial charge in [0, 0.05) is 6.42 Å². The van der Waals surface area contributed by atoms with Gasteiger partial charge in [0.05, 0.1) is 6.54 Å². The number of carbonyl (C=O) groups excluding carboxylic acids is 1. The molecule has 0 aliphatic rings. The molecule has 0 aliphatic carbocycles. The fraction of sp³-hybridized carbons (Fsp3) is 0.333. The van der Waals surface area contributed by atoms with Crippen molar-refractivity contribution < 1.29 is 39.3 Å². The molecule has 1 unspecified atom stereocenters. The van der Waals surface area contributed by atoms with Crippen molar-refractivity contribution in [2.75, 3.05) is 6.54 Å². The van der Waals surface area contributed by atoms with Crippen molar-refractivity contribution in [1.29, 1.82) is 0 Å². The lowest BCUT2D eigenvalue weighted by atomic mass is 10.1. The molecule has 144 valence electrons. The molecule has 1 aromatic rings. The monoisotopic (exact) mass is 371 g/mol. The second kappa shape index (κ2) is 12.2. The molecule has 0 spiro atoms. The number of aliphatic carboxylic acids is 2. The van der Waals surface area contributed by atoms with E-state index in [4.69, 9.17) is 25.9 Å². The van der Waals surface area contributed by atoms with E-state index in [0.717, 1.165) is 0 Å². The van der Waals surface area contributed by atoms with E-state index in [0.29, 0.717) is 10.6 Å². The van der Waals surface area contributed by atoms with Gasteiger partial charge < -0.3 is 26.8 Å². The van der Waals surface area contributed by atoms with Gasteiger partial charge in [0.15, 0.2) is 6.04 Å². The summed E-state index contributed by atoms with van der Waals surface area (Å²) < 4.78 is 0. The predicted molar refractivity (Wildman–Crippen MR) is 87.6 cm³/mol. The van der Waals surface area contributed by atoms with Crippen molar-refractivity contribution >= 4 is 23.9 Å². The molecule has 0 saturated carbocycles. The summed E-state index contributed by atoms with van der Waals surface area (Å²) in [4.78, 5) is 47.3. The standard InChI is InChI=1S/C13H16N2O6.C2H5NO2/c14-11(16)7-6-10(12(17)18)15(13(19)20)21-8-9-4-2-1-3-5-9;3-1-2(4)5/h1-5,10H,6-8H2,(H2,14,16)(H,17,18)(H,19,20);1,3H2,(H,4,5). The van der Waals surface area contributed by atoms with Gasteiger partial charge in [-0.1, -0.05) is 30.3 Å². The van der Waals surface area contributed by atoms with Crippen molar-refractivity contribution in [2.24, 2.45) is 11.5 Å². The van der Waals surface area contributed by atoms with E-state index in [9.17, 15) is 19.2 Å². The summed E-state index contributed by atoms with van der Waals surface area (Å²) in [5.41, 5.74) is 10.2. The number of amides is 2. The van der Waals surface area contributed by atoms with Crippen LogP contribution in [0.15, 0.2) is 30.3 Å². The SMILES string of the molecule is NC(=O)CCC(C(=O)O)N(OCc1ccccc1)C(=O)O.NCC(=O)O. The van der Waals surface area contributed by atoms with Crippen LogP contribution in [0.1, 0.15) is 18.4 Å². The number of nitrogens with two attached hydrogens (primary N) is 2. The molecule has 0 bridgehead atoms. The Morgan fingerprint density at radius 3 is 2.00 bits per heavy atom. The third kappa shape index (κ3) is 9.85. The molecule has 2 amide bonds. The molecule has 0 aliphatic heterocycles. The lowest BCUT2D eigenvalue weighted by molar-refractivity contribution is -0.186. The van der Waals surface area contributed by atoms with Gasteiger partial charge in [-0.25, -0.2) is 9.59 Å². The molecule has 7 N–H and O–H groups in total. The van der Waals surface area contributed by atoms with Crippen LogP contribution in [0.2, 0.25) is 0 Å². The second-order valence-electron chi connectivity index (χ2n) is 4.82. The summed E-state index contributed by atoms with van der Waals surface area (Å²) in [7, 11) is 0. The summed E-state index contributed by atoms with van der Waals surface area (Å²) in [6.07, 6.45) is -2.07. The molecular formula is C15H21N3O8. The van der Waals surface area contributed by atoms with Gasteiger partial charge in [-0.3, -0.25) is 14.4 Å². The van der Waals surface area contributed by atoms with E-state index < -0.39 is 30.0 Å². The van der Waals surface area contributed by atoms with Crippen LogP contribution in [0.4, 0.5) is 4.79 Å². The van der Waals surface area contributed by atoms with Gasteiger partial charge in [-0.2, -0.15) is 5.06 Å². The number of rotatable bonds is 9. The molecule has 1 rings (SSSR count). The van der Waals surface area contributed by atoms with Crippen molar-refractivity contribution in [3.63, 3.8) is 0 Å². The number of carboxylic acid groups (broad SMARTS) is 3. The van der Waals surface area contributed by atoms with Gasteiger partial charge in [0.2, 0.25) is 5.91 Å². The number of carbonyl (C=O) groups is 4. The fourth-order valence-electron chi connectivity index (χ4n) is 1.62. The van der Waals surface area contributed by atoms with E-state index >= 15 is 0 Å². The summed E-state index contributed by atoms with van der Waals surface area (Å²) in [6, 6.07) is 7.18. The number of benzene rings is 1. The molecule has 1 atom stereocenters. The highest BCUT2D eigenvalue weighted by Gasteiger charge is 2.31. The Morgan fingerprint density at radius 2 is 1.62 bits per heavy atom. The van der Waals surface area contributed by atoms with Crippen LogP contribution in [0.25, 0.3) is 0 Å². The first kappa shape index (κ1) is 22.8. The van der Waals surface area contributed by atoms with E-state index in [1.54, 1.807) is 30.3 Å². The maximum atomic E-state index is 11.1. The second-order valence-corrected chi connectivity index (χ2v) is 4.82. The van der Waals surface area contributed by atoms with Crippen LogP contribution in [0.5, 0.6) is 0 Å². The molecule has 0 radical (unpaired) electrons. The third-order valence-corrected chi connectivity index (χ3v) is 2.81. The number of hydroxylamine groups is 2. The van der Waals surface area contributed by atoms with Gasteiger partial charge >= 0.3 is 18.0 Å². The fourth-order valence-corrected chi connectivity index (χ4v) is 1.62. The molecule has 0 heterocycles. The van der Waals surface area contributed by atoms with E-state index in [1.807, 2.05) is 0 Å². The Kier molecular flexibility index (Phi) is 10.7. The van der Waals surface area contributed by atoms with Gasteiger partial charge in [-0.05, 0) is 12.0 Å². The van der Waals surface area contributed by atoms with Gasteiger partial charge in [0.1, 0.15) is 6.61 Å². The van der Waals surface area contributed by atoms with Crippen molar-refractivity contribution in [1.82, 2.24) is 5.06 Å². The number of carboxylic acids is 2. The highest BCUT2D eigenvalue weighted by atomic mass is 16.7. The van der Waals surface area contributed by atoms with E-state index in [1.165, 1.54) is 0 Å². The van der Waals surface area contributed by atoms with Crippen LogP contribution in [-0.2, 0) is 25.8 Å². The van der Waals surface area contributed by atoms with Gasteiger partial charge in [-0.15, -0.1) is 0 Å². The Morgan fingerprint density at radius 1 is 1.08 bits per heavy atom. The third-order valence-electron chi connectivity index (χ3n) is 2.81. The highest BCUT2D eigenvalue weighted by molar-refractivity contribution is 5.80. The van der Waals surface area contributed by atoms with Gasteiger partial charge in [0.25, 0.3) is 0 Å². The summed E-state index contributed by atoms with van der Waals surface area (Å²) >= 11 is 0. The Bertz CT molecular complexity index is 608. The van der Waals surface area contributed by atoms with Crippen LogP contribution in [0.3, 0.4) is 0 Å². The average molecular weight is 371 g/mol. The van der Waals surface area contributed by atoms with Crippen molar-refractivity contribution in [3.05, 3.63) is 35.9 Å². The minimum Gasteiger partial charge on any atom is -0.480 e. The molecule has 0 aromatic heterocycles. The molecule has 11 heteroatoms. The minimum absolute atomic E-state index is 0.104. The van der Waals surface area contributed by atoms with Crippen LogP contribution in [0, 0.1) is 0 Å². The lowest BCUT2D eigenvalue weighted by Crippen LogP contribution is -2.44. The Balaban J connectivity index is 0.00000110. The summed E-state index contributed by atoms with van der Waals surface area (Å²) in [5.74, 6) is -3.09. The van der Waals surface area contributed by atoms with E-state index in [-0.39, 0.29) is 26.0 Å². The predicted octanol–water partition coefficient (Wildman–Crippen LogP) is -0.153. The summed E-state index contributed by atoms with van der Waals surface area (Å²) in [6.45, 7) is -0.381. The number of hydrogen-bond donors (Lipinski definition) is 5. The van der Waals surface area contributed by atoms with Crippen LogP contribution >= 0.6 is 0 Å². The maximum Gasteiger partial charge on any atom is 0.432 e. The molecule has 26 heavy (non-hydrogen) atoms. The zero-order valence-electron chi connectivity index (χ0n) is 13.8. The highest BCUT2D eigenvalue weighted by Crippen LogP contribution is 2.12. The zero-order chi connectivity index (χ0) is 20.1. The topological polar surface area (TPSA) is 193 Å². The number of hydrogen-bond acceptors (Lipinski definition) is 6. The number of primary amides is 1. The Labute approximate surface area is 148 Å².